The third-order valence-corrected chi connectivity index (χ3v) is 3.90. The number of aromatic nitrogens is 2. The summed E-state index contributed by atoms with van der Waals surface area (Å²) in [6, 6.07) is 13.4. The molecule has 3 aromatic rings. The number of fused-ring (bicyclic) bond motifs is 1. The number of nitrogens with two attached hydrogens (primary N) is 1. The molecule has 2 aromatic carbocycles. The minimum atomic E-state index is -1.07. The highest BCUT2D eigenvalue weighted by Gasteiger charge is 2.18. The molecule has 0 spiro atoms. The van der Waals surface area contributed by atoms with Crippen LogP contribution in [0.15, 0.2) is 53.3 Å². The number of aryl methyl sites for hydroxylation is 1. The predicted octanol–water partition coefficient (Wildman–Crippen LogP) is 0.574. The number of nitrogens with zero attached hydrogens (tertiary/aromatic N) is 2. The molecule has 0 fully saturated rings. The molecule has 2 amide bonds. The Hall–Kier alpha value is -3.99. The van der Waals surface area contributed by atoms with E-state index in [9.17, 15) is 14.4 Å². The van der Waals surface area contributed by atoms with Gasteiger partial charge in [-0.15, -0.1) is 0 Å². The molecule has 0 saturated carbocycles. The maximum Gasteiger partial charge on any atom is 0.328 e. The molecule has 0 unspecified atom stereocenters. The maximum absolute atomic E-state index is 12.8. The number of hydrogen-bond acceptors (Lipinski definition) is 6. The summed E-state index contributed by atoms with van der Waals surface area (Å²) in [6.45, 7) is 1.90. The molecule has 0 atom stereocenters. The monoisotopic (exact) mass is 411 g/mol. The quantitative estimate of drug-likeness (QED) is 0.238. The Balaban J connectivity index is 1.89. The first-order valence-electron chi connectivity index (χ1n) is 8.37. The van der Waals surface area contributed by atoms with E-state index in [2.05, 4.69) is 26.6 Å². The first-order chi connectivity index (χ1) is 13.8. The second-order valence-corrected chi connectivity index (χ2v) is 6.41. The number of benzene rings is 2. The molecule has 1 aromatic heterocycles. The lowest BCUT2D eigenvalue weighted by molar-refractivity contribution is -0.133. The van der Waals surface area contributed by atoms with Gasteiger partial charge in [-0.3, -0.25) is 25.2 Å². The zero-order chi connectivity index (χ0) is 21.0. The molecule has 3 rings (SSSR count). The molecule has 0 saturated heterocycles. The number of carbonyl (C=O) groups excluding carboxylic acids is 2. The van der Waals surface area contributed by atoms with Gasteiger partial charge >= 0.3 is 11.8 Å². The Kier molecular flexibility index (Phi) is 5.69. The number of rotatable bonds is 4. The molecule has 29 heavy (non-hydrogen) atoms. The lowest BCUT2D eigenvalue weighted by atomic mass is 10.2. The first-order valence-corrected chi connectivity index (χ1v) is 8.78. The van der Waals surface area contributed by atoms with Gasteiger partial charge in [0.15, 0.2) is 5.11 Å². The average Bonchev–Trinajstić information content (AvgIpc) is 2.70. The van der Waals surface area contributed by atoms with Crippen LogP contribution in [0.1, 0.15) is 5.56 Å². The number of thiocarbonyl (C=S) groups is 1. The smallest absolute Gasteiger partial charge is 0.328 e. The van der Waals surface area contributed by atoms with Gasteiger partial charge < -0.3 is 11.1 Å². The SMILES string of the molecule is Cc1ccc(NC(=O)C(=O)Nn2c(NNC(N)=S)nc3ccccc3c2=O)cc1. The summed E-state index contributed by atoms with van der Waals surface area (Å²) in [5, 5.41) is 2.59. The number of anilines is 2. The van der Waals surface area contributed by atoms with E-state index in [4.69, 9.17) is 18.0 Å². The van der Waals surface area contributed by atoms with Crippen molar-refractivity contribution in [3.05, 3.63) is 64.4 Å². The van der Waals surface area contributed by atoms with Crippen LogP contribution in [-0.4, -0.2) is 26.6 Å². The molecule has 0 aliphatic rings. The molecule has 1 heterocycles. The fraction of sp³-hybridized carbons (Fsp3) is 0.0556. The number of hydrogen-bond donors (Lipinski definition) is 5. The molecular weight excluding hydrogens is 394 g/mol. The van der Waals surface area contributed by atoms with E-state index in [1.54, 1.807) is 48.5 Å². The van der Waals surface area contributed by atoms with Crippen LogP contribution in [-0.2, 0) is 9.59 Å². The Bertz CT molecular complexity index is 1160. The van der Waals surface area contributed by atoms with Crippen LogP contribution < -0.4 is 32.9 Å². The van der Waals surface area contributed by atoms with Gasteiger partial charge in [-0.2, -0.15) is 4.68 Å². The third-order valence-electron chi connectivity index (χ3n) is 3.80. The van der Waals surface area contributed by atoms with Gasteiger partial charge in [0.25, 0.3) is 5.56 Å². The molecule has 11 heteroatoms. The van der Waals surface area contributed by atoms with E-state index in [0.717, 1.165) is 10.2 Å². The van der Waals surface area contributed by atoms with Gasteiger partial charge in [-0.05, 0) is 43.4 Å². The lowest BCUT2D eigenvalue weighted by Gasteiger charge is -2.15. The largest absolute Gasteiger partial charge is 0.375 e. The van der Waals surface area contributed by atoms with Gasteiger partial charge in [-0.25, -0.2) is 10.4 Å². The van der Waals surface area contributed by atoms with Gasteiger partial charge in [-0.1, -0.05) is 29.8 Å². The lowest BCUT2D eigenvalue weighted by Crippen LogP contribution is -2.43. The van der Waals surface area contributed by atoms with Crippen molar-refractivity contribution < 1.29 is 9.59 Å². The maximum atomic E-state index is 12.8. The van der Waals surface area contributed by atoms with Crippen molar-refractivity contribution in [3.8, 4) is 0 Å². The van der Waals surface area contributed by atoms with Crippen LogP contribution in [0.25, 0.3) is 10.9 Å². The molecule has 10 nitrogen and oxygen atoms in total. The van der Waals surface area contributed by atoms with Crippen molar-refractivity contribution in [2.75, 3.05) is 16.2 Å². The second kappa shape index (κ2) is 8.35. The summed E-state index contributed by atoms with van der Waals surface area (Å²) in [7, 11) is 0. The number of nitrogens with one attached hydrogen (secondary N) is 4. The highest BCUT2D eigenvalue weighted by atomic mass is 32.1. The summed E-state index contributed by atoms with van der Waals surface area (Å²) >= 11 is 4.72. The Morgan fingerprint density at radius 1 is 1.07 bits per heavy atom. The van der Waals surface area contributed by atoms with Crippen molar-refractivity contribution in [1.82, 2.24) is 15.1 Å². The zero-order valence-corrected chi connectivity index (χ0v) is 16.0. The minimum absolute atomic E-state index is 0.109. The van der Waals surface area contributed by atoms with E-state index in [1.165, 1.54) is 0 Å². The molecule has 6 N–H and O–H groups in total. The molecule has 0 aliphatic carbocycles. The Morgan fingerprint density at radius 3 is 2.45 bits per heavy atom. The number of hydrazine groups is 1. The van der Waals surface area contributed by atoms with Crippen LogP contribution in [0.3, 0.4) is 0 Å². The molecule has 148 valence electrons. The standard InChI is InChI=1S/C18H17N7O3S/c1-10-6-8-11(9-7-10)20-14(26)15(27)24-25-16(28)12-4-2-3-5-13(12)21-18(25)23-22-17(19)29/h2-9H,1H3,(H,20,26)(H,21,23)(H,24,27)(H3,19,22,29). The van der Waals surface area contributed by atoms with Crippen LogP contribution in [0.4, 0.5) is 11.6 Å². The fourth-order valence-electron chi connectivity index (χ4n) is 2.41. The van der Waals surface area contributed by atoms with E-state index < -0.39 is 17.4 Å². The van der Waals surface area contributed by atoms with Crippen LogP contribution in [0.2, 0.25) is 0 Å². The topological polar surface area (TPSA) is 143 Å². The summed E-state index contributed by atoms with van der Waals surface area (Å²) in [4.78, 5) is 41.6. The third kappa shape index (κ3) is 4.65. The van der Waals surface area contributed by atoms with E-state index >= 15 is 0 Å². The molecule has 0 bridgehead atoms. The number of amides is 2. The number of carbonyl (C=O) groups is 2. The van der Waals surface area contributed by atoms with Crippen LogP contribution in [0, 0.1) is 6.92 Å². The van der Waals surface area contributed by atoms with Crippen molar-refractivity contribution in [2.45, 2.75) is 6.92 Å². The van der Waals surface area contributed by atoms with E-state index in [1.807, 2.05) is 6.92 Å². The van der Waals surface area contributed by atoms with Crippen molar-refractivity contribution in [2.24, 2.45) is 5.73 Å². The van der Waals surface area contributed by atoms with Crippen molar-refractivity contribution in [3.63, 3.8) is 0 Å². The molecule has 0 aliphatic heterocycles. The van der Waals surface area contributed by atoms with Gasteiger partial charge in [0.2, 0.25) is 5.95 Å². The van der Waals surface area contributed by atoms with Crippen LogP contribution >= 0.6 is 12.2 Å². The normalized spacial score (nSPS) is 10.2. The summed E-state index contributed by atoms with van der Waals surface area (Å²) in [6.07, 6.45) is 0. The molecular formula is C18H17N7O3S. The highest BCUT2D eigenvalue weighted by molar-refractivity contribution is 7.80. The average molecular weight is 411 g/mol. The zero-order valence-electron chi connectivity index (χ0n) is 15.2. The second-order valence-electron chi connectivity index (χ2n) is 5.97. The van der Waals surface area contributed by atoms with Crippen LogP contribution in [0.5, 0.6) is 0 Å². The summed E-state index contributed by atoms with van der Waals surface area (Å²) in [5.41, 5.74) is 13.8. The summed E-state index contributed by atoms with van der Waals surface area (Å²) < 4.78 is 0.796. The van der Waals surface area contributed by atoms with Gasteiger partial charge in [0.1, 0.15) is 0 Å². The molecule has 0 radical (unpaired) electrons. The van der Waals surface area contributed by atoms with Crippen molar-refractivity contribution in [1.29, 1.82) is 0 Å². The fourth-order valence-corrected chi connectivity index (χ4v) is 2.47. The highest BCUT2D eigenvalue weighted by Crippen LogP contribution is 2.10. The van der Waals surface area contributed by atoms with E-state index in [0.29, 0.717) is 11.2 Å². The summed E-state index contributed by atoms with van der Waals surface area (Å²) in [5.74, 6) is -2.14. The Labute approximate surface area is 170 Å². The number of para-hydroxylation sites is 1. The Morgan fingerprint density at radius 2 is 1.76 bits per heavy atom. The minimum Gasteiger partial charge on any atom is -0.375 e. The van der Waals surface area contributed by atoms with E-state index in [-0.39, 0.29) is 16.4 Å². The van der Waals surface area contributed by atoms with Crippen molar-refractivity contribution >= 4 is 51.7 Å². The van der Waals surface area contributed by atoms with Gasteiger partial charge in [0.05, 0.1) is 10.9 Å². The predicted molar refractivity (Wildman–Crippen MR) is 114 cm³/mol. The first kappa shape index (κ1) is 19.8. The van der Waals surface area contributed by atoms with Gasteiger partial charge in [0, 0.05) is 5.69 Å².